The quantitative estimate of drug-likeness (QED) is 0.261. The van der Waals surface area contributed by atoms with Crippen LogP contribution in [0.4, 0.5) is 11.4 Å². The van der Waals surface area contributed by atoms with Crippen molar-refractivity contribution in [1.82, 2.24) is 0 Å². The second-order valence-electron chi connectivity index (χ2n) is 6.82. The summed E-state index contributed by atoms with van der Waals surface area (Å²) in [6.45, 7) is -0.763. The summed E-state index contributed by atoms with van der Waals surface area (Å²) in [4.78, 5) is 36.3. The van der Waals surface area contributed by atoms with Gasteiger partial charge in [0.15, 0.2) is 19.0 Å². The Morgan fingerprint density at radius 3 is 2.76 bits per heavy atom. The fourth-order valence-corrected chi connectivity index (χ4v) is 4.98. The molecule has 0 spiro atoms. The molecule has 0 radical (unpaired) electrons. The number of Topliss-reactive ketones (excluding diaryl/α,β-unsaturated/α-hetero) is 1. The van der Waals surface area contributed by atoms with Crippen LogP contribution in [0.25, 0.3) is 0 Å². The highest BCUT2D eigenvalue weighted by Gasteiger charge is 2.21. The number of amides is 1. The van der Waals surface area contributed by atoms with Crippen molar-refractivity contribution in [2.45, 2.75) is 4.21 Å². The minimum Gasteiger partial charge on any atom is -0.507 e. The zero-order valence-electron chi connectivity index (χ0n) is 16.7. The third-order valence-corrected chi connectivity index (χ3v) is 7.28. The fraction of sp³-hybridized carbons (Fsp3) is 0.0952. The van der Waals surface area contributed by atoms with Gasteiger partial charge in [0.1, 0.15) is 21.3 Å². The molecular formula is C21H16N2O8S2. The van der Waals surface area contributed by atoms with Crippen molar-refractivity contribution in [3.05, 3.63) is 65.0 Å². The number of nitrogens with one attached hydrogen (secondary N) is 2. The van der Waals surface area contributed by atoms with E-state index in [1.807, 2.05) is 0 Å². The van der Waals surface area contributed by atoms with Gasteiger partial charge in [0.2, 0.25) is 0 Å². The van der Waals surface area contributed by atoms with E-state index in [9.17, 15) is 27.9 Å². The Kier molecular flexibility index (Phi) is 6.03. The van der Waals surface area contributed by atoms with Crippen molar-refractivity contribution < 1.29 is 37.4 Å². The molecule has 170 valence electrons. The van der Waals surface area contributed by atoms with Crippen LogP contribution in [0.5, 0.6) is 11.5 Å². The summed E-state index contributed by atoms with van der Waals surface area (Å²) in [7, 11) is -3.86. The van der Waals surface area contributed by atoms with Crippen LogP contribution < -0.4 is 14.8 Å². The van der Waals surface area contributed by atoms with Crippen molar-refractivity contribution in [3.63, 3.8) is 0 Å². The highest BCUT2D eigenvalue weighted by atomic mass is 32.2. The predicted octanol–water partition coefficient (Wildman–Crippen LogP) is 2.63. The molecule has 0 saturated heterocycles. The first-order valence-corrected chi connectivity index (χ1v) is 11.8. The first-order valence-electron chi connectivity index (χ1n) is 9.39. The number of carbonyl (C=O) groups excluding carboxylic acids is 3. The Balaban J connectivity index is 1.44. The molecule has 3 N–H and O–H groups in total. The second-order valence-corrected chi connectivity index (χ2v) is 9.67. The molecule has 1 amide bonds. The number of esters is 1. The van der Waals surface area contributed by atoms with E-state index >= 15 is 0 Å². The second kappa shape index (κ2) is 8.92. The molecule has 4 rings (SSSR count). The molecule has 0 unspecified atom stereocenters. The van der Waals surface area contributed by atoms with Gasteiger partial charge in [-0.15, -0.1) is 11.3 Å². The monoisotopic (exact) mass is 488 g/mol. The summed E-state index contributed by atoms with van der Waals surface area (Å²) >= 11 is 1.02. The third kappa shape index (κ3) is 4.96. The normalized spacial score (nSPS) is 12.8. The Bertz CT molecular complexity index is 1350. The molecule has 3 aromatic rings. The maximum absolute atomic E-state index is 12.4. The number of rotatable bonds is 7. The molecule has 1 aromatic heterocycles. The van der Waals surface area contributed by atoms with Crippen LogP contribution in [0.3, 0.4) is 0 Å². The molecule has 2 aromatic carbocycles. The van der Waals surface area contributed by atoms with E-state index in [4.69, 9.17) is 9.47 Å². The summed E-state index contributed by atoms with van der Waals surface area (Å²) in [5.41, 5.74) is 0.214. The topological polar surface area (TPSA) is 148 Å². The van der Waals surface area contributed by atoms with Crippen LogP contribution in [0.2, 0.25) is 0 Å². The molecule has 33 heavy (non-hydrogen) atoms. The molecule has 0 bridgehead atoms. The highest BCUT2D eigenvalue weighted by molar-refractivity contribution is 7.94. The maximum Gasteiger partial charge on any atom is 0.342 e. The maximum atomic E-state index is 12.4. The first-order chi connectivity index (χ1) is 15.7. The van der Waals surface area contributed by atoms with E-state index in [0.717, 1.165) is 23.5 Å². The van der Waals surface area contributed by atoms with Crippen LogP contribution in [0, 0.1) is 0 Å². The number of hydrogen-bond acceptors (Lipinski definition) is 9. The van der Waals surface area contributed by atoms with Crippen LogP contribution in [0.1, 0.15) is 20.7 Å². The number of benzene rings is 2. The number of ketones is 1. The number of phenolic OH excluding ortho intramolecular Hbond substituents is 1. The van der Waals surface area contributed by atoms with Crippen molar-refractivity contribution in [2.24, 2.45) is 0 Å². The summed E-state index contributed by atoms with van der Waals surface area (Å²) in [5.74, 6) is -1.97. The summed E-state index contributed by atoms with van der Waals surface area (Å²) in [5, 5.41) is 14.2. The van der Waals surface area contributed by atoms with Gasteiger partial charge in [0.25, 0.3) is 15.9 Å². The lowest BCUT2D eigenvalue weighted by Crippen LogP contribution is -2.25. The molecule has 0 saturated carbocycles. The van der Waals surface area contributed by atoms with Crippen LogP contribution in [0.15, 0.2) is 58.1 Å². The minimum atomic E-state index is -3.86. The Hall–Kier alpha value is -3.90. The molecule has 0 fully saturated rings. The van der Waals surface area contributed by atoms with E-state index in [1.54, 1.807) is 11.4 Å². The van der Waals surface area contributed by atoms with Gasteiger partial charge in [-0.3, -0.25) is 14.3 Å². The molecule has 2 heterocycles. The molecule has 12 heteroatoms. The van der Waals surface area contributed by atoms with Gasteiger partial charge in [-0.05, 0) is 47.8 Å². The average Bonchev–Trinajstić information content (AvgIpc) is 3.34. The molecule has 10 nitrogen and oxygen atoms in total. The Labute approximate surface area is 191 Å². The van der Waals surface area contributed by atoms with Crippen molar-refractivity contribution in [2.75, 3.05) is 23.3 Å². The summed E-state index contributed by atoms with van der Waals surface area (Å²) in [6, 6.07) is 10.9. The minimum absolute atomic E-state index is 0.0323. The van der Waals surface area contributed by atoms with Gasteiger partial charge in [-0.25, -0.2) is 13.2 Å². The molecule has 1 aliphatic rings. The number of fused-ring (bicyclic) bond motifs is 1. The predicted molar refractivity (Wildman–Crippen MR) is 118 cm³/mol. The van der Waals surface area contributed by atoms with Crippen LogP contribution >= 0.6 is 11.3 Å². The Morgan fingerprint density at radius 2 is 2.00 bits per heavy atom. The molecular weight excluding hydrogens is 472 g/mol. The zero-order chi connectivity index (χ0) is 23.6. The van der Waals surface area contributed by atoms with Gasteiger partial charge in [0.05, 0.1) is 5.69 Å². The fourth-order valence-electron chi connectivity index (χ4n) is 2.93. The largest absolute Gasteiger partial charge is 0.507 e. The average molecular weight is 488 g/mol. The molecule has 0 atom stereocenters. The van der Waals surface area contributed by atoms with Gasteiger partial charge < -0.3 is 19.9 Å². The number of aromatic hydroxyl groups is 1. The van der Waals surface area contributed by atoms with E-state index in [0.29, 0.717) is 11.4 Å². The van der Waals surface area contributed by atoms with Crippen molar-refractivity contribution in [3.8, 4) is 11.5 Å². The highest BCUT2D eigenvalue weighted by Crippen LogP contribution is 2.29. The van der Waals surface area contributed by atoms with Crippen LogP contribution in [-0.4, -0.2) is 44.4 Å². The molecule has 0 aliphatic carbocycles. The first kappa shape index (κ1) is 22.3. The summed E-state index contributed by atoms with van der Waals surface area (Å²) in [6.07, 6.45) is 0. The number of anilines is 2. The third-order valence-electron chi connectivity index (χ3n) is 4.50. The number of carbonyl (C=O) groups is 3. The van der Waals surface area contributed by atoms with Gasteiger partial charge in [-0.1, -0.05) is 6.07 Å². The van der Waals surface area contributed by atoms with E-state index < -0.39 is 34.1 Å². The number of sulfonamides is 1. The number of phenols is 1. The van der Waals surface area contributed by atoms with E-state index in [-0.39, 0.29) is 33.5 Å². The number of ether oxygens (including phenoxy) is 2. The SMILES string of the molecule is O=C1COc2ccc(C(=O)COC(=O)c3cc(NS(=O)(=O)c4cccs4)ccc3O)cc2N1. The Morgan fingerprint density at radius 1 is 1.18 bits per heavy atom. The van der Waals surface area contributed by atoms with Crippen molar-refractivity contribution >= 4 is 50.4 Å². The van der Waals surface area contributed by atoms with Gasteiger partial charge in [0, 0.05) is 11.3 Å². The summed E-state index contributed by atoms with van der Waals surface area (Å²) < 4.78 is 37.4. The number of thiophene rings is 1. The standard InChI is InChI=1S/C21H16N2O8S2/c24-16-5-4-13(23-33(28,29)20-2-1-7-32-20)9-14(16)21(27)31-10-17(25)12-3-6-18-15(8-12)22-19(26)11-30-18/h1-9,23-24H,10-11H2,(H,22,26). The lowest BCUT2D eigenvalue weighted by Gasteiger charge is -2.18. The van der Waals surface area contributed by atoms with Crippen molar-refractivity contribution in [1.29, 1.82) is 0 Å². The smallest absolute Gasteiger partial charge is 0.342 e. The zero-order valence-corrected chi connectivity index (χ0v) is 18.4. The molecule has 1 aliphatic heterocycles. The lowest BCUT2D eigenvalue weighted by molar-refractivity contribution is -0.118. The lowest BCUT2D eigenvalue weighted by atomic mass is 10.1. The van der Waals surface area contributed by atoms with E-state index in [1.165, 1.54) is 30.3 Å². The van der Waals surface area contributed by atoms with E-state index in [2.05, 4.69) is 10.0 Å². The number of hydrogen-bond donors (Lipinski definition) is 3. The van der Waals surface area contributed by atoms with Crippen LogP contribution in [-0.2, 0) is 19.6 Å². The van der Waals surface area contributed by atoms with Gasteiger partial charge >= 0.3 is 5.97 Å². The van der Waals surface area contributed by atoms with Gasteiger partial charge in [-0.2, -0.15) is 0 Å².